The van der Waals surface area contributed by atoms with Gasteiger partial charge in [0.15, 0.2) is 0 Å². The van der Waals surface area contributed by atoms with E-state index in [1.807, 2.05) is 12.1 Å². The SMILES string of the molecule is CCNC(C1=CCCO1)c1ccc(CC)o1. The molecule has 2 heterocycles. The zero-order valence-corrected chi connectivity index (χ0v) is 9.95. The molecular weight excluding hydrogens is 202 g/mol. The Bertz CT molecular complexity index is 368. The van der Waals surface area contributed by atoms with Crippen LogP contribution in [0.25, 0.3) is 0 Å². The summed E-state index contributed by atoms with van der Waals surface area (Å²) in [5.74, 6) is 2.97. The first kappa shape index (κ1) is 11.3. The Kier molecular flexibility index (Phi) is 3.67. The van der Waals surface area contributed by atoms with Crippen LogP contribution >= 0.6 is 0 Å². The van der Waals surface area contributed by atoms with E-state index in [9.17, 15) is 0 Å². The van der Waals surface area contributed by atoms with E-state index in [0.29, 0.717) is 0 Å². The fourth-order valence-corrected chi connectivity index (χ4v) is 1.92. The van der Waals surface area contributed by atoms with E-state index in [0.717, 1.165) is 43.3 Å². The van der Waals surface area contributed by atoms with Gasteiger partial charge < -0.3 is 14.5 Å². The van der Waals surface area contributed by atoms with Gasteiger partial charge in [0.2, 0.25) is 0 Å². The number of likely N-dealkylation sites (N-methyl/N-ethyl adjacent to an activating group) is 1. The Morgan fingerprint density at radius 3 is 2.81 bits per heavy atom. The van der Waals surface area contributed by atoms with Crippen molar-refractivity contribution in [3.05, 3.63) is 35.5 Å². The van der Waals surface area contributed by atoms with Gasteiger partial charge in [-0.3, -0.25) is 0 Å². The Morgan fingerprint density at radius 1 is 1.38 bits per heavy atom. The maximum Gasteiger partial charge on any atom is 0.128 e. The predicted octanol–water partition coefficient (Wildman–Crippen LogP) is 2.80. The second-order valence-corrected chi connectivity index (χ2v) is 3.89. The molecule has 16 heavy (non-hydrogen) atoms. The molecule has 1 unspecified atom stereocenters. The molecule has 1 N–H and O–H groups in total. The average molecular weight is 221 g/mol. The third-order valence-electron chi connectivity index (χ3n) is 2.74. The number of ether oxygens (including phenoxy) is 1. The number of rotatable bonds is 5. The molecule has 2 rings (SSSR count). The summed E-state index contributed by atoms with van der Waals surface area (Å²) >= 11 is 0. The Hall–Kier alpha value is -1.22. The summed E-state index contributed by atoms with van der Waals surface area (Å²) in [5, 5.41) is 3.39. The molecule has 0 saturated heterocycles. The smallest absolute Gasteiger partial charge is 0.128 e. The zero-order chi connectivity index (χ0) is 11.4. The third-order valence-corrected chi connectivity index (χ3v) is 2.74. The fourth-order valence-electron chi connectivity index (χ4n) is 1.92. The fraction of sp³-hybridized carbons (Fsp3) is 0.538. The summed E-state index contributed by atoms with van der Waals surface area (Å²) in [6.07, 6.45) is 4.07. The van der Waals surface area contributed by atoms with Crippen LogP contribution in [-0.4, -0.2) is 13.2 Å². The van der Waals surface area contributed by atoms with E-state index in [1.54, 1.807) is 0 Å². The van der Waals surface area contributed by atoms with Crippen LogP contribution in [0.3, 0.4) is 0 Å². The molecule has 0 amide bonds. The lowest BCUT2D eigenvalue weighted by Gasteiger charge is -2.16. The van der Waals surface area contributed by atoms with Crippen LogP contribution in [0.5, 0.6) is 0 Å². The zero-order valence-electron chi connectivity index (χ0n) is 9.95. The van der Waals surface area contributed by atoms with Crippen LogP contribution in [0.2, 0.25) is 0 Å². The average Bonchev–Trinajstić information content (AvgIpc) is 2.97. The topological polar surface area (TPSA) is 34.4 Å². The van der Waals surface area contributed by atoms with Crippen LogP contribution in [0.15, 0.2) is 28.4 Å². The maximum absolute atomic E-state index is 5.78. The molecule has 0 spiro atoms. The van der Waals surface area contributed by atoms with E-state index in [4.69, 9.17) is 9.15 Å². The van der Waals surface area contributed by atoms with Gasteiger partial charge in [0.05, 0.1) is 6.61 Å². The van der Waals surface area contributed by atoms with Crippen molar-refractivity contribution in [2.75, 3.05) is 13.2 Å². The molecule has 0 saturated carbocycles. The highest BCUT2D eigenvalue weighted by Crippen LogP contribution is 2.27. The maximum atomic E-state index is 5.78. The standard InChI is InChI=1S/C13H19NO2/c1-3-10-7-8-12(16-10)13(14-4-2)11-6-5-9-15-11/h6-8,13-14H,3-5,9H2,1-2H3. The Balaban J connectivity index is 2.17. The first-order chi connectivity index (χ1) is 7.85. The molecule has 0 bridgehead atoms. The van der Waals surface area contributed by atoms with Crippen molar-refractivity contribution in [2.24, 2.45) is 0 Å². The first-order valence-electron chi connectivity index (χ1n) is 6.00. The summed E-state index contributed by atoms with van der Waals surface area (Å²) in [4.78, 5) is 0. The highest BCUT2D eigenvalue weighted by Gasteiger charge is 2.22. The second kappa shape index (κ2) is 5.21. The van der Waals surface area contributed by atoms with E-state index >= 15 is 0 Å². The number of furan rings is 1. The largest absolute Gasteiger partial charge is 0.496 e. The van der Waals surface area contributed by atoms with Crippen molar-refractivity contribution in [2.45, 2.75) is 32.7 Å². The minimum atomic E-state index is 0.0767. The van der Waals surface area contributed by atoms with Gasteiger partial charge in [0, 0.05) is 12.8 Å². The molecule has 1 aromatic rings. The van der Waals surface area contributed by atoms with Gasteiger partial charge in [0.1, 0.15) is 23.3 Å². The van der Waals surface area contributed by atoms with Crippen LogP contribution in [0, 0.1) is 0 Å². The van der Waals surface area contributed by atoms with E-state index in [2.05, 4.69) is 25.2 Å². The van der Waals surface area contributed by atoms with Gasteiger partial charge in [-0.15, -0.1) is 0 Å². The molecule has 3 nitrogen and oxygen atoms in total. The van der Waals surface area contributed by atoms with E-state index < -0.39 is 0 Å². The number of hydrogen-bond acceptors (Lipinski definition) is 3. The summed E-state index contributed by atoms with van der Waals surface area (Å²) < 4.78 is 11.4. The lowest BCUT2D eigenvalue weighted by molar-refractivity contribution is 0.207. The lowest BCUT2D eigenvalue weighted by Crippen LogP contribution is -2.22. The van der Waals surface area contributed by atoms with E-state index in [-0.39, 0.29) is 6.04 Å². The van der Waals surface area contributed by atoms with Gasteiger partial charge >= 0.3 is 0 Å². The summed E-state index contributed by atoms with van der Waals surface area (Å²) in [7, 11) is 0. The lowest BCUT2D eigenvalue weighted by atomic mass is 10.1. The van der Waals surface area contributed by atoms with Gasteiger partial charge in [0.25, 0.3) is 0 Å². The number of hydrogen-bond donors (Lipinski definition) is 1. The molecule has 0 aromatic carbocycles. The summed E-state index contributed by atoms with van der Waals surface area (Å²) in [6.45, 7) is 5.87. The van der Waals surface area contributed by atoms with Gasteiger partial charge in [-0.1, -0.05) is 13.8 Å². The number of nitrogens with one attached hydrogen (secondary N) is 1. The molecule has 1 aliphatic rings. The van der Waals surface area contributed by atoms with Crippen LogP contribution in [0.1, 0.15) is 37.8 Å². The number of aryl methyl sites for hydroxylation is 1. The molecule has 3 heteroatoms. The summed E-state index contributed by atoms with van der Waals surface area (Å²) in [6, 6.07) is 4.15. The molecule has 0 fully saturated rings. The van der Waals surface area contributed by atoms with Gasteiger partial charge in [-0.05, 0) is 24.8 Å². The minimum Gasteiger partial charge on any atom is -0.496 e. The van der Waals surface area contributed by atoms with Crippen molar-refractivity contribution in [1.82, 2.24) is 5.32 Å². The van der Waals surface area contributed by atoms with Crippen LogP contribution in [0.4, 0.5) is 0 Å². The predicted molar refractivity (Wildman–Crippen MR) is 63.2 cm³/mol. The molecule has 88 valence electrons. The van der Waals surface area contributed by atoms with Crippen molar-refractivity contribution >= 4 is 0 Å². The van der Waals surface area contributed by atoms with Crippen molar-refractivity contribution in [1.29, 1.82) is 0 Å². The molecule has 1 aromatic heterocycles. The molecular formula is C13H19NO2. The highest BCUT2D eigenvalue weighted by molar-refractivity contribution is 5.20. The normalized spacial score (nSPS) is 17.0. The van der Waals surface area contributed by atoms with Crippen molar-refractivity contribution in [3.63, 3.8) is 0 Å². The second-order valence-electron chi connectivity index (χ2n) is 3.89. The molecule has 1 atom stereocenters. The van der Waals surface area contributed by atoms with Crippen molar-refractivity contribution < 1.29 is 9.15 Å². The molecule has 1 aliphatic heterocycles. The van der Waals surface area contributed by atoms with Crippen LogP contribution in [-0.2, 0) is 11.2 Å². The first-order valence-corrected chi connectivity index (χ1v) is 6.00. The van der Waals surface area contributed by atoms with Gasteiger partial charge in [-0.2, -0.15) is 0 Å². The van der Waals surface area contributed by atoms with Gasteiger partial charge in [-0.25, -0.2) is 0 Å². The van der Waals surface area contributed by atoms with Crippen molar-refractivity contribution in [3.8, 4) is 0 Å². The third kappa shape index (κ3) is 2.30. The monoisotopic (exact) mass is 221 g/mol. The molecule has 0 aliphatic carbocycles. The van der Waals surface area contributed by atoms with E-state index in [1.165, 1.54) is 0 Å². The minimum absolute atomic E-state index is 0.0767. The molecule has 0 radical (unpaired) electrons. The summed E-state index contributed by atoms with van der Waals surface area (Å²) in [5.41, 5.74) is 0. The Morgan fingerprint density at radius 2 is 2.25 bits per heavy atom. The Labute approximate surface area is 96.5 Å². The highest BCUT2D eigenvalue weighted by atomic mass is 16.5. The quantitative estimate of drug-likeness (QED) is 0.830. The van der Waals surface area contributed by atoms with Crippen LogP contribution < -0.4 is 5.32 Å².